The van der Waals surface area contributed by atoms with Gasteiger partial charge in [-0.25, -0.2) is 0 Å². The molecule has 0 aromatic rings. The van der Waals surface area contributed by atoms with E-state index >= 15 is 0 Å². The smallest absolute Gasteiger partial charge is 0.0185 e. The first-order valence-corrected chi connectivity index (χ1v) is 5.14. The van der Waals surface area contributed by atoms with E-state index in [0.29, 0.717) is 0 Å². The summed E-state index contributed by atoms with van der Waals surface area (Å²) in [7, 11) is 2.71. The Morgan fingerprint density at radius 3 is 2.00 bits per heavy atom. The fraction of sp³-hybridized carbons (Fsp3) is 0.231. The van der Waals surface area contributed by atoms with Crippen LogP contribution in [-0.2, 0) is 0 Å². The summed E-state index contributed by atoms with van der Waals surface area (Å²) in [5.41, 5.74) is 4.29. The van der Waals surface area contributed by atoms with Gasteiger partial charge in [0, 0.05) is 0 Å². The molecule has 76 valence electrons. The van der Waals surface area contributed by atoms with Gasteiger partial charge in [-0.1, -0.05) is 37.5 Å². The summed E-state index contributed by atoms with van der Waals surface area (Å²) in [4.78, 5) is 0. The number of hydrogen-bond donors (Lipinski definition) is 0. The second kappa shape index (κ2) is 5.78. The Labute approximate surface area is 90.0 Å². The van der Waals surface area contributed by atoms with E-state index in [9.17, 15) is 0 Å². The van der Waals surface area contributed by atoms with Gasteiger partial charge in [-0.3, -0.25) is 0 Å². The molecule has 0 N–H and O–H groups in total. The van der Waals surface area contributed by atoms with E-state index in [4.69, 9.17) is 0 Å². The quantitative estimate of drug-likeness (QED) is 0.472. The van der Waals surface area contributed by atoms with Gasteiger partial charge in [0.05, 0.1) is 0 Å². The van der Waals surface area contributed by atoms with Crippen molar-refractivity contribution in [3.8, 4) is 0 Å². The molecule has 0 aromatic heterocycles. The van der Waals surface area contributed by atoms with E-state index in [0.717, 1.165) is 22.0 Å². The minimum absolute atomic E-state index is 0.994. The number of allylic oxidation sites excluding steroid dienone is 7. The third kappa shape index (κ3) is 3.12. The Balaban J connectivity index is 5.16. The first kappa shape index (κ1) is 13.1. The standard InChI is InChI=1S/C13H19P/c1-7-12(8-2)11(6)13(14)10(5)9(3)4/h7-8H,1,3,6,14H2,2,4-5H3/b12-8-,13-10-. The summed E-state index contributed by atoms with van der Waals surface area (Å²) >= 11 is 0. The van der Waals surface area contributed by atoms with Crippen LogP contribution >= 0.6 is 9.24 Å². The average Bonchev–Trinajstić information content (AvgIpc) is 2.17. The van der Waals surface area contributed by atoms with Crippen molar-refractivity contribution in [1.29, 1.82) is 0 Å². The molecule has 14 heavy (non-hydrogen) atoms. The lowest BCUT2D eigenvalue weighted by Gasteiger charge is -2.11. The van der Waals surface area contributed by atoms with Gasteiger partial charge >= 0.3 is 0 Å². The molecule has 0 spiro atoms. The lowest BCUT2D eigenvalue weighted by atomic mass is 10.0. The highest BCUT2D eigenvalue weighted by Gasteiger charge is 2.04. The van der Waals surface area contributed by atoms with Gasteiger partial charge in [-0.15, -0.1) is 9.24 Å². The van der Waals surface area contributed by atoms with Crippen LogP contribution in [0.2, 0.25) is 0 Å². The maximum Gasteiger partial charge on any atom is -0.0185 e. The molecule has 1 unspecified atom stereocenters. The summed E-state index contributed by atoms with van der Waals surface area (Å²) in [6.07, 6.45) is 3.82. The molecule has 0 aromatic carbocycles. The van der Waals surface area contributed by atoms with Gasteiger partial charge in [0.15, 0.2) is 0 Å². The maximum absolute atomic E-state index is 4.04. The second-order valence-electron chi connectivity index (χ2n) is 3.25. The molecule has 0 bridgehead atoms. The van der Waals surface area contributed by atoms with Crippen LogP contribution in [-0.4, -0.2) is 0 Å². The second-order valence-corrected chi connectivity index (χ2v) is 3.82. The lowest BCUT2D eigenvalue weighted by molar-refractivity contribution is 1.33. The Kier molecular flexibility index (Phi) is 5.42. The normalized spacial score (nSPS) is 13.3. The zero-order valence-electron chi connectivity index (χ0n) is 9.35. The molecular weight excluding hydrogens is 187 g/mol. The van der Waals surface area contributed by atoms with Crippen molar-refractivity contribution in [1.82, 2.24) is 0 Å². The molecule has 0 nitrogen and oxygen atoms in total. The zero-order valence-corrected chi connectivity index (χ0v) is 10.5. The van der Waals surface area contributed by atoms with E-state index in [1.807, 2.05) is 32.9 Å². The van der Waals surface area contributed by atoms with Crippen molar-refractivity contribution in [3.05, 3.63) is 59.5 Å². The highest BCUT2D eigenvalue weighted by Crippen LogP contribution is 2.29. The molecule has 0 fully saturated rings. The summed E-state index contributed by atoms with van der Waals surface area (Å²) in [5, 5.41) is 1.10. The summed E-state index contributed by atoms with van der Waals surface area (Å²) in [5.74, 6) is 0. The van der Waals surface area contributed by atoms with Gasteiger partial charge in [-0.2, -0.15) is 0 Å². The highest BCUT2D eigenvalue weighted by atomic mass is 31.0. The lowest BCUT2D eigenvalue weighted by Crippen LogP contribution is -1.89. The molecule has 0 saturated carbocycles. The fourth-order valence-corrected chi connectivity index (χ4v) is 1.44. The predicted molar refractivity (Wildman–Crippen MR) is 70.3 cm³/mol. The molecule has 0 amide bonds. The number of hydrogen-bond acceptors (Lipinski definition) is 0. The zero-order chi connectivity index (χ0) is 11.3. The Bertz CT molecular complexity index is 327. The molecule has 0 radical (unpaired) electrons. The first-order valence-electron chi connectivity index (χ1n) is 4.56. The first-order chi connectivity index (χ1) is 6.45. The molecule has 0 aliphatic carbocycles. The Hall–Kier alpha value is -0.870. The van der Waals surface area contributed by atoms with Crippen LogP contribution < -0.4 is 0 Å². The SMILES string of the molecule is C=C/C(=C/C)C(=C)/C(P)=C(\C)C(=C)C. The summed E-state index contributed by atoms with van der Waals surface area (Å²) < 4.78 is 0. The summed E-state index contributed by atoms with van der Waals surface area (Å²) in [6.45, 7) is 17.7. The van der Waals surface area contributed by atoms with Crippen molar-refractivity contribution in [2.75, 3.05) is 0 Å². The van der Waals surface area contributed by atoms with Crippen LogP contribution in [0.3, 0.4) is 0 Å². The minimum Gasteiger partial charge on any atom is -0.105 e. The fourth-order valence-electron chi connectivity index (χ4n) is 1.03. The predicted octanol–water partition coefficient (Wildman–Crippen LogP) is 4.40. The molecule has 0 heterocycles. The Morgan fingerprint density at radius 1 is 1.21 bits per heavy atom. The molecule has 1 atom stereocenters. The molecular formula is C13H19P. The number of rotatable bonds is 4. The van der Waals surface area contributed by atoms with Gasteiger partial charge in [0.25, 0.3) is 0 Å². The maximum atomic E-state index is 4.04. The van der Waals surface area contributed by atoms with Crippen molar-refractivity contribution in [3.63, 3.8) is 0 Å². The molecule has 0 aliphatic rings. The molecule has 0 saturated heterocycles. The van der Waals surface area contributed by atoms with Crippen LogP contribution in [0.1, 0.15) is 20.8 Å². The monoisotopic (exact) mass is 206 g/mol. The van der Waals surface area contributed by atoms with E-state index in [1.54, 1.807) is 0 Å². The topological polar surface area (TPSA) is 0 Å². The van der Waals surface area contributed by atoms with Gasteiger partial charge in [0.1, 0.15) is 0 Å². The van der Waals surface area contributed by atoms with Crippen LogP contribution in [0.5, 0.6) is 0 Å². The van der Waals surface area contributed by atoms with Crippen LogP contribution in [0.4, 0.5) is 0 Å². The highest BCUT2D eigenvalue weighted by molar-refractivity contribution is 7.23. The van der Waals surface area contributed by atoms with E-state index in [1.165, 1.54) is 5.57 Å². The summed E-state index contributed by atoms with van der Waals surface area (Å²) in [6, 6.07) is 0. The minimum atomic E-state index is 0.994. The average molecular weight is 206 g/mol. The molecule has 1 heteroatoms. The van der Waals surface area contributed by atoms with Crippen LogP contribution in [0.25, 0.3) is 0 Å². The van der Waals surface area contributed by atoms with Crippen molar-refractivity contribution in [2.24, 2.45) is 0 Å². The van der Waals surface area contributed by atoms with Gasteiger partial charge in [0.2, 0.25) is 0 Å². The van der Waals surface area contributed by atoms with Crippen LogP contribution in [0.15, 0.2) is 59.5 Å². The third-order valence-electron chi connectivity index (χ3n) is 2.25. The van der Waals surface area contributed by atoms with Crippen LogP contribution in [0, 0.1) is 0 Å². The van der Waals surface area contributed by atoms with Crippen molar-refractivity contribution >= 4 is 9.24 Å². The Morgan fingerprint density at radius 2 is 1.71 bits per heavy atom. The largest absolute Gasteiger partial charge is 0.105 e. The van der Waals surface area contributed by atoms with Gasteiger partial charge < -0.3 is 0 Å². The van der Waals surface area contributed by atoms with Gasteiger partial charge in [-0.05, 0) is 42.8 Å². The van der Waals surface area contributed by atoms with E-state index in [-0.39, 0.29) is 0 Å². The van der Waals surface area contributed by atoms with Crippen molar-refractivity contribution in [2.45, 2.75) is 20.8 Å². The van der Waals surface area contributed by atoms with Crippen molar-refractivity contribution < 1.29 is 0 Å². The van der Waals surface area contributed by atoms with E-state index < -0.39 is 0 Å². The van der Waals surface area contributed by atoms with E-state index in [2.05, 4.69) is 29.0 Å². The molecule has 0 rings (SSSR count). The third-order valence-corrected chi connectivity index (χ3v) is 3.03. The molecule has 0 aliphatic heterocycles.